The first-order valence-corrected chi connectivity index (χ1v) is 9.43. The summed E-state index contributed by atoms with van der Waals surface area (Å²) in [7, 11) is 0. The number of likely N-dealkylation sites (tertiary alicyclic amines) is 1. The molecule has 0 saturated carbocycles. The average Bonchev–Trinajstić information content (AvgIpc) is 3.29. The van der Waals surface area contributed by atoms with Crippen LogP contribution in [0, 0.1) is 11.8 Å². The van der Waals surface area contributed by atoms with Gasteiger partial charge in [-0.25, -0.2) is 4.98 Å². The average molecular weight is 370 g/mol. The number of amides is 2. The van der Waals surface area contributed by atoms with E-state index in [1.165, 1.54) is 6.33 Å². The number of rotatable bonds is 2. The van der Waals surface area contributed by atoms with Gasteiger partial charge in [0.15, 0.2) is 0 Å². The second-order valence-corrected chi connectivity index (χ2v) is 8.13. The van der Waals surface area contributed by atoms with Crippen LogP contribution in [-0.4, -0.2) is 62.4 Å². The van der Waals surface area contributed by atoms with Crippen molar-refractivity contribution in [1.82, 2.24) is 19.8 Å². The summed E-state index contributed by atoms with van der Waals surface area (Å²) in [5.74, 6) is -1.12. The van der Waals surface area contributed by atoms with Gasteiger partial charge in [0.1, 0.15) is 5.60 Å². The second-order valence-electron chi connectivity index (χ2n) is 8.13. The van der Waals surface area contributed by atoms with E-state index in [1.807, 2.05) is 26.0 Å². The fourth-order valence-corrected chi connectivity index (χ4v) is 5.00. The number of hydrogen-bond donors (Lipinski definition) is 1. The molecule has 0 unspecified atom stereocenters. The molecule has 0 radical (unpaired) electrons. The molecule has 1 spiro atoms. The maximum atomic E-state index is 13.4. The first-order chi connectivity index (χ1) is 12.9. The van der Waals surface area contributed by atoms with E-state index in [0.29, 0.717) is 25.1 Å². The number of hydrogen-bond acceptors (Lipinski definition) is 5. The minimum Gasteiger partial charge on any atom is -0.360 e. The Kier molecular flexibility index (Phi) is 3.40. The molecule has 8 heteroatoms. The predicted octanol–water partition coefficient (Wildman–Crippen LogP) is -0.155. The molecular formula is C19H22N4O4. The van der Waals surface area contributed by atoms with Crippen LogP contribution in [0.1, 0.15) is 25.1 Å². The predicted molar refractivity (Wildman–Crippen MR) is 94.6 cm³/mol. The molecule has 5 heterocycles. The molecule has 1 N–H and O–H groups in total. The van der Waals surface area contributed by atoms with Gasteiger partial charge in [-0.2, -0.15) is 0 Å². The van der Waals surface area contributed by atoms with Gasteiger partial charge in [-0.3, -0.25) is 14.4 Å². The number of carbonyl (C=O) groups excluding carboxylic acids is 2. The molecule has 4 aliphatic rings. The highest BCUT2D eigenvalue weighted by Gasteiger charge is 2.67. The minimum atomic E-state index is -0.681. The minimum absolute atomic E-state index is 0.00729. The van der Waals surface area contributed by atoms with Crippen molar-refractivity contribution in [2.75, 3.05) is 13.1 Å². The first kappa shape index (κ1) is 16.7. The summed E-state index contributed by atoms with van der Waals surface area (Å²) in [6.45, 7) is 5.17. The number of aromatic nitrogens is 2. The van der Waals surface area contributed by atoms with E-state index in [-0.39, 0.29) is 36.1 Å². The van der Waals surface area contributed by atoms with E-state index in [1.54, 1.807) is 9.80 Å². The topological polar surface area (TPSA) is 95.6 Å². The van der Waals surface area contributed by atoms with Crippen molar-refractivity contribution in [3.05, 3.63) is 40.1 Å². The lowest BCUT2D eigenvalue weighted by atomic mass is 9.76. The standard InChI is InChI=1S/C19H22N4O4/c1-10(2)23-8-19-5-3-13(27-19)14(15(19)18(23)26)17(25)22-6-4-12-11(7-22)16(24)21-9-20-12/h3,5,9-10,13-15H,4,6-8H2,1-2H3,(H,20,21,24)/t13-,14-,15+,19-/m1/s1. The van der Waals surface area contributed by atoms with E-state index >= 15 is 0 Å². The van der Waals surface area contributed by atoms with E-state index in [2.05, 4.69) is 9.97 Å². The molecule has 2 bridgehead atoms. The summed E-state index contributed by atoms with van der Waals surface area (Å²) in [5, 5.41) is 0. The van der Waals surface area contributed by atoms with Crippen LogP contribution >= 0.6 is 0 Å². The van der Waals surface area contributed by atoms with Crippen molar-refractivity contribution in [1.29, 1.82) is 0 Å². The lowest BCUT2D eigenvalue weighted by Crippen LogP contribution is -2.48. The Morgan fingerprint density at radius 2 is 2.22 bits per heavy atom. The normalized spacial score (nSPS) is 33.7. The molecule has 4 aliphatic heterocycles. The molecule has 0 aromatic carbocycles. The molecule has 5 rings (SSSR count). The Morgan fingerprint density at radius 3 is 3.00 bits per heavy atom. The third-order valence-electron chi connectivity index (χ3n) is 6.36. The smallest absolute Gasteiger partial charge is 0.255 e. The summed E-state index contributed by atoms with van der Waals surface area (Å²) >= 11 is 0. The van der Waals surface area contributed by atoms with E-state index in [9.17, 15) is 14.4 Å². The summed E-state index contributed by atoms with van der Waals surface area (Å²) in [4.78, 5) is 48.8. The molecule has 1 aromatic heterocycles. The summed E-state index contributed by atoms with van der Waals surface area (Å²) in [5.41, 5.74) is 0.388. The Labute approximate surface area is 156 Å². The van der Waals surface area contributed by atoms with Gasteiger partial charge in [0.25, 0.3) is 5.56 Å². The maximum Gasteiger partial charge on any atom is 0.255 e. The van der Waals surface area contributed by atoms with Crippen molar-refractivity contribution in [3.63, 3.8) is 0 Å². The van der Waals surface area contributed by atoms with E-state index in [4.69, 9.17) is 4.74 Å². The molecule has 2 amide bonds. The molecule has 142 valence electrons. The van der Waals surface area contributed by atoms with Gasteiger partial charge in [0, 0.05) is 19.0 Å². The van der Waals surface area contributed by atoms with E-state index < -0.39 is 17.4 Å². The van der Waals surface area contributed by atoms with Crippen molar-refractivity contribution in [2.24, 2.45) is 11.8 Å². The van der Waals surface area contributed by atoms with Gasteiger partial charge in [-0.15, -0.1) is 0 Å². The zero-order chi connectivity index (χ0) is 18.9. The highest BCUT2D eigenvalue weighted by Crippen LogP contribution is 2.52. The molecular weight excluding hydrogens is 348 g/mol. The summed E-state index contributed by atoms with van der Waals surface area (Å²) in [6, 6.07) is 0.0655. The Bertz CT molecular complexity index is 923. The lowest BCUT2D eigenvalue weighted by Gasteiger charge is -2.33. The van der Waals surface area contributed by atoms with Crippen LogP contribution in [0.5, 0.6) is 0 Å². The van der Waals surface area contributed by atoms with Crippen molar-refractivity contribution < 1.29 is 14.3 Å². The highest BCUT2D eigenvalue weighted by molar-refractivity contribution is 5.93. The van der Waals surface area contributed by atoms with Crippen LogP contribution in [0.4, 0.5) is 0 Å². The van der Waals surface area contributed by atoms with Gasteiger partial charge < -0.3 is 19.5 Å². The van der Waals surface area contributed by atoms with Crippen LogP contribution < -0.4 is 5.56 Å². The summed E-state index contributed by atoms with van der Waals surface area (Å²) in [6.07, 6.45) is 5.46. The van der Waals surface area contributed by atoms with Crippen LogP contribution in [0.25, 0.3) is 0 Å². The van der Waals surface area contributed by atoms with Crippen molar-refractivity contribution >= 4 is 11.8 Å². The largest absolute Gasteiger partial charge is 0.360 e. The Hall–Kier alpha value is -2.48. The maximum absolute atomic E-state index is 13.4. The number of carbonyl (C=O) groups is 2. The van der Waals surface area contributed by atoms with E-state index in [0.717, 1.165) is 5.69 Å². The highest BCUT2D eigenvalue weighted by atomic mass is 16.5. The third-order valence-corrected chi connectivity index (χ3v) is 6.36. The number of nitrogens with zero attached hydrogens (tertiary/aromatic N) is 3. The SMILES string of the molecule is CC(C)N1C[C@@]23C=C[C@@H](O2)[C@@H](C(=O)N2CCc4nc[nH]c(=O)c4C2)[C@H]3C1=O. The quantitative estimate of drug-likeness (QED) is 0.730. The van der Waals surface area contributed by atoms with Crippen LogP contribution in [0.2, 0.25) is 0 Å². The number of ether oxygens (including phenoxy) is 1. The van der Waals surface area contributed by atoms with Gasteiger partial charge >= 0.3 is 0 Å². The number of aromatic amines is 1. The van der Waals surface area contributed by atoms with Crippen molar-refractivity contribution in [3.8, 4) is 0 Å². The molecule has 4 atom stereocenters. The zero-order valence-corrected chi connectivity index (χ0v) is 15.3. The second kappa shape index (κ2) is 5.51. The monoisotopic (exact) mass is 370 g/mol. The van der Waals surface area contributed by atoms with Crippen LogP contribution in [-0.2, 0) is 27.3 Å². The Morgan fingerprint density at radius 1 is 1.41 bits per heavy atom. The fourth-order valence-electron chi connectivity index (χ4n) is 5.00. The number of fused-ring (bicyclic) bond motifs is 2. The molecule has 2 saturated heterocycles. The molecule has 27 heavy (non-hydrogen) atoms. The summed E-state index contributed by atoms with van der Waals surface area (Å²) < 4.78 is 6.15. The zero-order valence-electron chi connectivity index (χ0n) is 15.3. The molecule has 2 fully saturated rings. The molecule has 1 aromatic rings. The van der Waals surface area contributed by atoms with Gasteiger partial charge in [-0.1, -0.05) is 12.2 Å². The Balaban J connectivity index is 1.45. The molecule has 8 nitrogen and oxygen atoms in total. The first-order valence-electron chi connectivity index (χ1n) is 9.43. The lowest BCUT2D eigenvalue weighted by molar-refractivity contribution is -0.144. The van der Waals surface area contributed by atoms with Crippen LogP contribution in [0.15, 0.2) is 23.3 Å². The van der Waals surface area contributed by atoms with Gasteiger partial charge in [-0.05, 0) is 13.8 Å². The van der Waals surface area contributed by atoms with Gasteiger partial charge in [0.2, 0.25) is 11.8 Å². The molecule has 0 aliphatic carbocycles. The fraction of sp³-hybridized carbons (Fsp3) is 0.579. The number of H-pyrrole nitrogens is 1. The van der Waals surface area contributed by atoms with Gasteiger partial charge in [0.05, 0.1) is 48.6 Å². The van der Waals surface area contributed by atoms with Crippen molar-refractivity contribution in [2.45, 2.75) is 44.6 Å². The number of nitrogens with one attached hydrogen (secondary N) is 1. The van der Waals surface area contributed by atoms with Crippen LogP contribution in [0.3, 0.4) is 0 Å². The third kappa shape index (κ3) is 2.19.